The molecular formula is C13H24N4. The molecule has 1 aliphatic rings. The minimum atomic E-state index is 0.0526. The van der Waals surface area contributed by atoms with E-state index in [9.17, 15) is 0 Å². The SMILES string of the molecule is CC(C)c1nc(C(C)(C)C2CCCNC2)n[nH]1. The predicted octanol–water partition coefficient (Wildman–Crippen LogP) is 2.21. The lowest BCUT2D eigenvalue weighted by Crippen LogP contribution is -2.41. The van der Waals surface area contributed by atoms with Crippen molar-refractivity contribution in [3.05, 3.63) is 11.6 Å². The van der Waals surface area contributed by atoms with Gasteiger partial charge in [0.25, 0.3) is 0 Å². The Morgan fingerprint density at radius 1 is 1.35 bits per heavy atom. The van der Waals surface area contributed by atoms with Gasteiger partial charge in [0.1, 0.15) is 5.82 Å². The van der Waals surface area contributed by atoms with Crippen LogP contribution in [0.15, 0.2) is 0 Å². The van der Waals surface area contributed by atoms with Gasteiger partial charge in [-0.05, 0) is 31.8 Å². The summed E-state index contributed by atoms with van der Waals surface area (Å²) in [5.41, 5.74) is 0.0526. The van der Waals surface area contributed by atoms with E-state index < -0.39 is 0 Å². The molecule has 2 rings (SSSR count). The van der Waals surface area contributed by atoms with Crippen LogP contribution in [0.25, 0.3) is 0 Å². The van der Waals surface area contributed by atoms with Gasteiger partial charge < -0.3 is 5.32 Å². The topological polar surface area (TPSA) is 53.6 Å². The fourth-order valence-corrected chi connectivity index (χ4v) is 2.47. The third-order valence-electron chi connectivity index (χ3n) is 3.94. The lowest BCUT2D eigenvalue weighted by Gasteiger charge is -2.35. The summed E-state index contributed by atoms with van der Waals surface area (Å²) < 4.78 is 0. The molecule has 1 saturated heterocycles. The molecule has 0 spiro atoms. The van der Waals surface area contributed by atoms with E-state index in [0.29, 0.717) is 11.8 Å². The van der Waals surface area contributed by atoms with Crippen LogP contribution in [0, 0.1) is 5.92 Å². The van der Waals surface area contributed by atoms with Crippen molar-refractivity contribution in [2.24, 2.45) is 5.92 Å². The van der Waals surface area contributed by atoms with Crippen molar-refractivity contribution in [3.63, 3.8) is 0 Å². The summed E-state index contributed by atoms with van der Waals surface area (Å²) in [5, 5.41) is 11.0. The molecule has 4 nitrogen and oxygen atoms in total. The highest BCUT2D eigenvalue weighted by atomic mass is 15.2. The molecule has 0 saturated carbocycles. The number of H-pyrrole nitrogens is 1. The summed E-state index contributed by atoms with van der Waals surface area (Å²) in [4.78, 5) is 4.66. The molecular weight excluding hydrogens is 212 g/mol. The van der Waals surface area contributed by atoms with Crippen molar-refractivity contribution in [2.45, 2.75) is 51.9 Å². The summed E-state index contributed by atoms with van der Waals surface area (Å²) in [6.07, 6.45) is 2.53. The Bertz CT molecular complexity index is 361. The first-order chi connectivity index (χ1) is 8.01. The minimum Gasteiger partial charge on any atom is -0.316 e. The summed E-state index contributed by atoms with van der Waals surface area (Å²) >= 11 is 0. The number of rotatable bonds is 3. The number of hydrogen-bond acceptors (Lipinski definition) is 3. The van der Waals surface area contributed by atoms with Crippen LogP contribution in [-0.2, 0) is 5.41 Å². The molecule has 1 aliphatic heterocycles. The average Bonchev–Trinajstić information content (AvgIpc) is 2.80. The molecule has 0 amide bonds. The number of piperidine rings is 1. The van der Waals surface area contributed by atoms with E-state index in [1.54, 1.807) is 0 Å². The molecule has 2 N–H and O–H groups in total. The quantitative estimate of drug-likeness (QED) is 0.846. The molecule has 1 aromatic rings. The first-order valence-electron chi connectivity index (χ1n) is 6.65. The van der Waals surface area contributed by atoms with Crippen LogP contribution in [0.5, 0.6) is 0 Å². The van der Waals surface area contributed by atoms with E-state index in [4.69, 9.17) is 0 Å². The van der Waals surface area contributed by atoms with Gasteiger partial charge in [0.15, 0.2) is 5.82 Å². The number of nitrogens with one attached hydrogen (secondary N) is 2. The van der Waals surface area contributed by atoms with E-state index in [-0.39, 0.29) is 5.41 Å². The molecule has 0 aromatic carbocycles. The van der Waals surface area contributed by atoms with Crippen molar-refractivity contribution in [1.29, 1.82) is 0 Å². The summed E-state index contributed by atoms with van der Waals surface area (Å²) in [5.74, 6) is 3.01. The van der Waals surface area contributed by atoms with E-state index >= 15 is 0 Å². The van der Waals surface area contributed by atoms with E-state index in [2.05, 4.69) is 48.2 Å². The van der Waals surface area contributed by atoms with Crippen molar-refractivity contribution in [1.82, 2.24) is 20.5 Å². The van der Waals surface area contributed by atoms with Crippen molar-refractivity contribution >= 4 is 0 Å². The Labute approximate surface area is 104 Å². The molecule has 96 valence electrons. The molecule has 0 bridgehead atoms. The fourth-order valence-electron chi connectivity index (χ4n) is 2.47. The van der Waals surface area contributed by atoms with E-state index in [1.165, 1.54) is 12.8 Å². The Hall–Kier alpha value is -0.900. The molecule has 4 heteroatoms. The van der Waals surface area contributed by atoms with Crippen LogP contribution in [0.4, 0.5) is 0 Å². The van der Waals surface area contributed by atoms with Gasteiger partial charge in [-0.2, -0.15) is 5.10 Å². The first-order valence-corrected chi connectivity index (χ1v) is 6.65. The lowest BCUT2D eigenvalue weighted by atomic mass is 9.74. The molecule has 1 atom stereocenters. The predicted molar refractivity (Wildman–Crippen MR) is 69.1 cm³/mol. The maximum Gasteiger partial charge on any atom is 0.156 e. The van der Waals surface area contributed by atoms with Gasteiger partial charge in [-0.1, -0.05) is 27.7 Å². The van der Waals surface area contributed by atoms with Crippen molar-refractivity contribution < 1.29 is 0 Å². The lowest BCUT2D eigenvalue weighted by molar-refractivity contribution is 0.242. The monoisotopic (exact) mass is 236 g/mol. The largest absolute Gasteiger partial charge is 0.316 e. The van der Waals surface area contributed by atoms with Gasteiger partial charge in [0, 0.05) is 11.3 Å². The minimum absolute atomic E-state index is 0.0526. The second-order valence-electron chi connectivity index (χ2n) is 5.96. The van der Waals surface area contributed by atoms with Gasteiger partial charge in [0.2, 0.25) is 0 Å². The summed E-state index contributed by atoms with van der Waals surface area (Å²) in [7, 11) is 0. The Kier molecular flexibility index (Phi) is 3.52. The van der Waals surface area contributed by atoms with Crippen LogP contribution in [0.2, 0.25) is 0 Å². The van der Waals surface area contributed by atoms with Crippen LogP contribution in [0.1, 0.15) is 58.1 Å². The molecule has 17 heavy (non-hydrogen) atoms. The molecule has 0 radical (unpaired) electrons. The second kappa shape index (κ2) is 4.77. The van der Waals surface area contributed by atoms with Crippen LogP contribution < -0.4 is 5.32 Å². The Morgan fingerprint density at radius 2 is 2.12 bits per heavy atom. The third-order valence-corrected chi connectivity index (χ3v) is 3.94. The van der Waals surface area contributed by atoms with Crippen molar-refractivity contribution in [3.8, 4) is 0 Å². The highest BCUT2D eigenvalue weighted by Gasteiger charge is 2.35. The van der Waals surface area contributed by atoms with E-state index in [0.717, 1.165) is 24.7 Å². The number of aromatic amines is 1. The van der Waals surface area contributed by atoms with Crippen molar-refractivity contribution in [2.75, 3.05) is 13.1 Å². The molecule has 2 heterocycles. The second-order valence-corrected chi connectivity index (χ2v) is 5.96. The van der Waals surface area contributed by atoms with E-state index in [1.807, 2.05) is 0 Å². The van der Waals surface area contributed by atoms with Gasteiger partial charge >= 0.3 is 0 Å². The van der Waals surface area contributed by atoms with Gasteiger partial charge in [-0.15, -0.1) is 0 Å². The van der Waals surface area contributed by atoms with Crippen LogP contribution in [0.3, 0.4) is 0 Å². The fraction of sp³-hybridized carbons (Fsp3) is 0.846. The highest BCUT2D eigenvalue weighted by molar-refractivity contribution is 5.09. The summed E-state index contributed by atoms with van der Waals surface area (Å²) in [6.45, 7) is 11.0. The van der Waals surface area contributed by atoms with Gasteiger partial charge in [-0.3, -0.25) is 5.10 Å². The summed E-state index contributed by atoms with van der Waals surface area (Å²) in [6, 6.07) is 0. The standard InChI is InChI=1S/C13H24N4/c1-9(2)11-15-12(17-16-11)13(3,4)10-6-5-7-14-8-10/h9-10,14H,5-8H2,1-4H3,(H,15,16,17). The third kappa shape index (κ3) is 2.51. The van der Waals surface area contributed by atoms with Crippen LogP contribution in [-0.4, -0.2) is 28.3 Å². The molecule has 0 aliphatic carbocycles. The average molecular weight is 236 g/mol. The zero-order chi connectivity index (χ0) is 12.5. The number of nitrogens with zero attached hydrogens (tertiary/aromatic N) is 2. The smallest absolute Gasteiger partial charge is 0.156 e. The normalized spacial score (nSPS) is 22.1. The Balaban J connectivity index is 2.17. The maximum atomic E-state index is 4.66. The molecule has 1 aromatic heterocycles. The van der Waals surface area contributed by atoms with Gasteiger partial charge in [-0.25, -0.2) is 4.98 Å². The van der Waals surface area contributed by atoms with Gasteiger partial charge in [0.05, 0.1) is 0 Å². The van der Waals surface area contributed by atoms with Crippen LogP contribution >= 0.6 is 0 Å². The Morgan fingerprint density at radius 3 is 2.65 bits per heavy atom. The first kappa shape index (κ1) is 12.6. The highest BCUT2D eigenvalue weighted by Crippen LogP contribution is 2.33. The molecule has 1 fully saturated rings. The molecule has 1 unspecified atom stereocenters. The maximum absolute atomic E-state index is 4.66. The zero-order valence-electron chi connectivity index (χ0n) is 11.4. The number of hydrogen-bond donors (Lipinski definition) is 2. The number of aromatic nitrogens is 3. The zero-order valence-corrected chi connectivity index (χ0v) is 11.4.